The molecule has 0 aromatic carbocycles. The molecule has 0 aliphatic rings. The Bertz CT molecular complexity index is 1880. The minimum absolute atomic E-state index is 0.176. The first-order valence-electron chi connectivity index (χ1n) is 36.7. The van der Waals surface area contributed by atoms with Gasteiger partial charge in [0.25, 0.3) is 6.29 Å². The third-order valence-electron chi connectivity index (χ3n) is 15.7. The highest BCUT2D eigenvalue weighted by molar-refractivity contribution is 5.71. The molecule has 0 spiro atoms. The number of allylic oxidation sites excluding steroid dienone is 20. The molecular weight excluding hydrogens is 1100 g/mol. The smallest absolute Gasteiger partial charge is 0.361 e. The van der Waals surface area contributed by atoms with Gasteiger partial charge in [-0.05, 0) is 109 Å². The number of carbonyl (C=O) groups excluding carboxylic acids is 2. The van der Waals surface area contributed by atoms with Crippen LogP contribution in [0.4, 0.5) is 0 Å². The van der Waals surface area contributed by atoms with Crippen molar-refractivity contribution in [2.75, 3.05) is 47.5 Å². The van der Waals surface area contributed by atoms with Gasteiger partial charge in [0.1, 0.15) is 13.2 Å². The molecule has 1 N–H and O–H groups in total. The number of carboxylic acid groups (broad SMARTS) is 1. The highest BCUT2D eigenvalue weighted by Gasteiger charge is 2.25. The first-order chi connectivity index (χ1) is 43.6. The van der Waals surface area contributed by atoms with Crippen molar-refractivity contribution in [2.24, 2.45) is 0 Å². The molecule has 0 aromatic rings. The molecule has 2 unspecified atom stereocenters. The van der Waals surface area contributed by atoms with Crippen molar-refractivity contribution in [1.82, 2.24) is 0 Å². The molecule has 89 heavy (non-hydrogen) atoms. The largest absolute Gasteiger partial charge is 0.477 e. The van der Waals surface area contributed by atoms with E-state index in [2.05, 4.69) is 135 Å². The summed E-state index contributed by atoms with van der Waals surface area (Å²) >= 11 is 0. The molecule has 9 nitrogen and oxygen atoms in total. The van der Waals surface area contributed by atoms with E-state index < -0.39 is 24.3 Å². The zero-order chi connectivity index (χ0) is 64.7. The van der Waals surface area contributed by atoms with Crippen molar-refractivity contribution in [2.45, 2.75) is 322 Å². The lowest BCUT2D eigenvalue weighted by atomic mass is 10.0. The normalized spacial score (nSPS) is 13.4. The van der Waals surface area contributed by atoms with Gasteiger partial charge in [-0.15, -0.1) is 0 Å². The molecule has 0 aliphatic carbocycles. The summed E-state index contributed by atoms with van der Waals surface area (Å²) in [6, 6.07) is 0. The molecule has 0 radical (unpaired) electrons. The number of hydrogen-bond donors (Lipinski definition) is 1. The van der Waals surface area contributed by atoms with Crippen molar-refractivity contribution in [1.29, 1.82) is 0 Å². The second-order valence-electron chi connectivity index (χ2n) is 25.5. The zero-order valence-electron chi connectivity index (χ0n) is 58.3. The van der Waals surface area contributed by atoms with Crippen LogP contribution in [-0.4, -0.2) is 87.4 Å². The number of quaternary nitrogens is 1. The van der Waals surface area contributed by atoms with Gasteiger partial charge in [-0.25, -0.2) is 4.79 Å². The molecule has 0 saturated carbocycles. The van der Waals surface area contributed by atoms with Crippen LogP contribution in [-0.2, 0) is 33.3 Å². The predicted octanol–water partition coefficient (Wildman–Crippen LogP) is 23.1. The van der Waals surface area contributed by atoms with Crippen LogP contribution in [0.25, 0.3) is 0 Å². The maximum atomic E-state index is 12.9. The maximum Gasteiger partial charge on any atom is 0.361 e. The van der Waals surface area contributed by atoms with Gasteiger partial charge < -0.3 is 28.5 Å². The number of likely N-dealkylation sites (N-methyl/N-ethyl adjacent to an activating group) is 1. The summed E-state index contributed by atoms with van der Waals surface area (Å²) in [6.45, 7) is 4.74. The van der Waals surface area contributed by atoms with Gasteiger partial charge in [0.05, 0.1) is 34.4 Å². The van der Waals surface area contributed by atoms with E-state index in [1.54, 1.807) is 0 Å². The van der Waals surface area contributed by atoms with Crippen LogP contribution in [0.2, 0.25) is 0 Å². The lowest BCUT2D eigenvalue weighted by Crippen LogP contribution is -2.40. The Morgan fingerprint density at radius 2 is 0.640 bits per heavy atom. The Kier molecular flexibility index (Phi) is 66.2. The van der Waals surface area contributed by atoms with Crippen LogP contribution in [0, 0.1) is 0 Å². The van der Waals surface area contributed by atoms with Gasteiger partial charge in [0, 0.05) is 12.8 Å². The van der Waals surface area contributed by atoms with E-state index >= 15 is 0 Å². The average molecular weight is 1240 g/mol. The van der Waals surface area contributed by atoms with E-state index in [0.29, 0.717) is 23.9 Å². The molecule has 0 rings (SSSR count). The Morgan fingerprint density at radius 3 is 0.978 bits per heavy atom. The van der Waals surface area contributed by atoms with Gasteiger partial charge in [0.15, 0.2) is 6.10 Å². The topological polar surface area (TPSA) is 108 Å². The molecule has 0 fully saturated rings. The number of hydrogen-bond acceptors (Lipinski definition) is 7. The van der Waals surface area contributed by atoms with Gasteiger partial charge in [-0.3, -0.25) is 9.59 Å². The SMILES string of the molecule is CC/C=C\C/C=C\C/C=C\C/C=C\C/C=C\C/C=C\C/C=C\C/C=C\C/C=C\CCCCCC(=O)OC(COC(=O)CCCCCCCCCCCCCCCCCCCCCCC/C=C\CCCCCCCCCC)COC(OCC[N+](C)(C)C)C(=O)O. The number of aliphatic carboxylic acids is 1. The number of nitrogens with zero attached hydrogens (tertiary/aromatic N) is 1. The molecule has 0 bridgehead atoms. The average Bonchev–Trinajstić information content (AvgIpc) is 3.64. The van der Waals surface area contributed by atoms with Gasteiger partial charge >= 0.3 is 17.9 Å². The summed E-state index contributed by atoms with van der Waals surface area (Å²) in [4.78, 5) is 37.6. The molecule has 510 valence electrons. The Hall–Kier alpha value is -4.31. The molecule has 9 heteroatoms. The molecule has 0 aromatic heterocycles. The van der Waals surface area contributed by atoms with Gasteiger partial charge in [-0.2, -0.15) is 0 Å². The molecular formula is C80H138NO8+. The van der Waals surface area contributed by atoms with Crippen LogP contribution in [0.3, 0.4) is 0 Å². The minimum atomic E-state index is -1.53. The number of carbonyl (C=O) groups is 3. The van der Waals surface area contributed by atoms with Crippen LogP contribution >= 0.6 is 0 Å². The third kappa shape index (κ3) is 71.0. The Morgan fingerprint density at radius 1 is 0.348 bits per heavy atom. The number of rotatable bonds is 67. The van der Waals surface area contributed by atoms with Crippen molar-refractivity contribution in [3.05, 3.63) is 122 Å². The molecule has 0 heterocycles. The minimum Gasteiger partial charge on any atom is -0.477 e. The first kappa shape index (κ1) is 84.7. The summed E-state index contributed by atoms with van der Waals surface area (Å²) in [5, 5.41) is 9.75. The second kappa shape index (κ2) is 69.6. The summed E-state index contributed by atoms with van der Waals surface area (Å²) < 4.78 is 22.9. The summed E-state index contributed by atoms with van der Waals surface area (Å²) in [5.74, 6) is -2.05. The number of carboxylic acids is 1. The van der Waals surface area contributed by atoms with E-state index in [0.717, 1.165) is 96.3 Å². The lowest BCUT2D eigenvalue weighted by molar-refractivity contribution is -0.870. The van der Waals surface area contributed by atoms with E-state index in [1.807, 2.05) is 21.1 Å². The molecule has 0 amide bonds. The Balaban J connectivity index is 4.16. The summed E-state index contributed by atoms with van der Waals surface area (Å²) in [6.07, 6.45) is 96.2. The third-order valence-corrected chi connectivity index (χ3v) is 15.7. The van der Waals surface area contributed by atoms with Crippen molar-refractivity contribution in [3.8, 4) is 0 Å². The van der Waals surface area contributed by atoms with Crippen LogP contribution in [0.5, 0.6) is 0 Å². The van der Waals surface area contributed by atoms with Crippen molar-refractivity contribution >= 4 is 17.9 Å². The predicted molar refractivity (Wildman–Crippen MR) is 382 cm³/mol. The van der Waals surface area contributed by atoms with E-state index in [9.17, 15) is 19.5 Å². The highest BCUT2D eigenvalue weighted by atomic mass is 16.7. The summed E-state index contributed by atoms with van der Waals surface area (Å²) in [7, 11) is 5.96. The first-order valence-corrected chi connectivity index (χ1v) is 36.7. The lowest BCUT2D eigenvalue weighted by Gasteiger charge is -2.25. The monoisotopic (exact) mass is 1240 g/mol. The Labute approximate surface area is 548 Å². The standard InChI is InChI=1S/C80H137NO8/c1-6-8-10-12-14-16-18-20-22-24-26-28-30-32-34-36-38-39-41-42-44-46-48-50-52-54-56-58-60-62-64-66-68-70-77(82)87-74-76(75-88-80(79(84)85)86-73-72-81(3,4)5)89-78(83)71-69-67-65-63-61-59-57-55-53-51-49-47-45-43-40-37-35-33-31-29-27-25-23-21-19-17-15-13-11-9-7-2/h9,11,15,17,21,23-24,26-27,29,33,35,40,43,47,49,53,55,59,61,76,80H,6-8,10,12-14,16,18-20,22,25,28,30-32,34,36-39,41-42,44-46,48,50-52,54,56-58,60,62-75H2,1-5H3/p+1/b11-9-,17-15-,23-21-,26-24-,29-27-,35-33-,43-40-,49-47-,55-53-,61-59-. The second-order valence-corrected chi connectivity index (χ2v) is 25.5. The fourth-order valence-corrected chi connectivity index (χ4v) is 10.1. The summed E-state index contributed by atoms with van der Waals surface area (Å²) in [5.41, 5.74) is 0. The highest BCUT2D eigenvalue weighted by Crippen LogP contribution is 2.17. The number of esters is 2. The fraction of sp³-hybridized carbons (Fsp3) is 0.713. The molecule has 2 atom stereocenters. The molecule has 0 aliphatic heterocycles. The van der Waals surface area contributed by atoms with Crippen LogP contribution in [0.15, 0.2) is 122 Å². The van der Waals surface area contributed by atoms with E-state index in [4.69, 9.17) is 18.9 Å². The van der Waals surface area contributed by atoms with Gasteiger partial charge in [0.2, 0.25) is 0 Å². The van der Waals surface area contributed by atoms with E-state index in [1.165, 1.54) is 180 Å². The van der Waals surface area contributed by atoms with Crippen LogP contribution in [0.1, 0.15) is 309 Å². The number of ether oxygens (including phenoxy) is 4. The molecule has 0 saturated heterocycles. The quantitative estimate of drug-likeness (QED) is 0.0211. The van der Waals surface area contributed by atoms with E-state index in [-0.39, 0.29) is 32.2 Å². The maximum absolute atomic E-state index is 12.9. The van der Waals surface area contributed by atoms with Crippen molar-refractivity contribution in [3.63, 3.8) is 0 Å². The van der Waals surface area contributed by atoms with Crippen LogP contribution < -0.4 is 0 Å². The fourth-order valence-electron chi connectivity index (χ4n) is 10.1. The number of unbranched alkanes of at least 4 members (excludes halogenated alkanes) is 32. The van der Waals surface area contributed by atoms with Crippen molar-refractivity contribution < 1.29 is 42.9 Å². The zero-order valence-corrected chi connectivity index (χ0v) is 58.3. The van der Waals surface area contributed by atoms with Gasteiger partial charge in [-0.1, -0.05) is 309 Å².